The number of aliphatic hydroxyl groups excluding tert-OH is 1. The zero-order chi connectivity index (χ0) is 20.5. The fourth-order valence-corrected chi connectivity index (χ4v) is 3.38. The van der Waals surface area contributed by atoms with E-state index in [4.69, 9.17) is 14.0 Å². The van der Waals surface area contributed by atoms with Crippen LogP contribution in [0.25, 0.3) is 0 Å². The zero-order valence-electron chi connectivity index (χ0n) is 15.4. The monoisotopic (exact) mass is 397 g/mol. The molecule has 1 amide bonds. The van der Waals surface area contributed by atoms with Gasteiger partial charge in [0, 0.05) is 32.2 Å². The fourth-order valence-electron chi connectivity index (χ4n) is 2.09. The highest BCUT2D eigenvalue weighted by atomic mass is 32.2. The van der Waals surface area contributed by atoms with Crippen molar-refractivity contribution in [2.75, 3.05) is 18.9 Å². The minimum atomic E-state index is -4.07. The lowest BCUT2D eigenvalue weighted by Gasteiger charge is -2.35. The van der Waals surface area contributed by atoms with E-state index >= 15 is 0 Å². The van der Waals surface area contributed by atoms with Crippen molar-refractivity contribution in [1.82, 2.24) is 5.32 Å². The van der Waals surface area contributed by atoms with E-state index in [1.807, 2.05) is 0 Å². The predicted octanol–water partition coefficient (Wildman–Crippen LogP) is -0.347. The van der Waals surface area contributed by atoms with E-state index in [0.717, 1.165) is 0 Å². The second-order valence-electron chi connectivity index (χ2n) is 6.37. The molecule has 152 valence electrons. The van der Waals surface area contributed by atoms with Crippen LogP contribution in [0.2, 0.25) is 0 Å². The lowest BCUT2D eigenvalue weighted by atomic mass is 9.79. The summed E-state index contributed by atoms with van der Waals surface area (Å²) in [6.45, 7) is 5.10. The van der Waals surface area contributed by atoms with Crippen molar-refractivity contribution in [3.63, 3.8) is 0 Å². The maximum absolute atomic E-state index is 12.2. The third kappa shape index (κ3) is 9.11. The highest BCUT2D eigenvalue weighted by molar-refractivity contribution is 7.86. The van der Waals surface area contributed by atoms with E-state index < -0.39 is 45.4 Å². The summed E-state index contributed by atoms with van der Waals surface area (Å²) >= 11 is 0. The van der Waals surface area contributed by atoms with Crippen LogP contribution in [0.15, 0.2) is 0 Å². The number of nitrogens with one attached hydrogen (secondary N) is 1. The van der Waals surface area contributed by atoms with Crippen LogP contribution in [0, 0.1) is 5.41 Å². The number of carbonyl (C=O) groups is 3. The molecule has 0 rings (SSSR count). The number of ether oxygens (including phenoxy) is 1. The van der Waals surface area contributed by atoms with Crippen molar-refractivity contribution in [2.24, 2.45) is 5.41 Å². The van der Waals surface area contributed by atoms with Gasteiger partial charge in [-0.05, 0) is 6.42 Å². The van der Waals surface area contributed by atoms with Crippen molar-refractivity contribution in [3.8, 4) is 0 Å². The van der Waals surface area contributed by atoms with Crippen LogP contribution in [0.3, 0.4) is 0 Å². The normalized spacial score (nSPS) is 14.3. The zero-order valence-corrected chi connectivity index (χ0v) is 16.2. The molecule has 0 radical (unpaired) electrons. The average Bonchev–Trinajstić information content (AvgIpc) is 2.49. The molecule has 0 aromatic heterocycles. The summed E-state index contributed by atoms with van der Waals surface area (Å²) in [4.78, 5) is 32.7. The van der Waals surface area contributed by atoms with Gasteiger partial charge in [0.1, 0.15) is 0 Å². The maximum atomic E-state index is 12.2. The van der Waals surface area contributed by atoms with Crippen LogP contribution in [-0.4, -0.2) is 67.6 Å². The van der Waals surface area contributed by atoms with Crippen molar-refractivity contribution < 1.29 is 41.9 Å². The first kappa shape index (κ1) is 24.3. The number of aliphatic hydroxyl groups is 1. The molecule has 0 saturated carbocycles. The molecule has 1 unspecified atom stereocenters. The van der Waals surface area contributed by atoms with Crippen molar-refractivity contribution in [1.29, 1.82) is 0 Å². The van der Waals surface area contributed by atoms with E-state index in [-0.39, 0.29) is 31.9 Å². The molecule has 2 atom stereocenters. The van der Waals surface area contributed by atoms with Crippen molar-refractivity contribution in [2.45, 2.75) is 52.7 Å². The van der Waals surface area contributed by atoms with Crippen LogP contribution in [0.1, 0.15) is 40.5 Å². The Hall–Kier alpha value is -1.72. The predicted molar refractivity (Wildman–Crippen MR) is 90.6 cm³/mol. The number of hydrogen-bond acceptors (Lipinski definition) is 8. The molecule has 0 aliphatic carbocycles. The number of carboxylic acid groups (broad SMARTS) is 1. The van der Waals surface area contributed by atoms with Gasteiger partial charge in [-0.1, -0.05) is 13.8 Å². The second kappa shape index (κ2) is 10.4. The molecule has 0 aromatic carbocycles. The molecular weight excluding hydrogens is 370 g/mol. The Morgan fingerprint density at radius 1 is 1.19 bits per heavy atom. The van der Waals surface area contributed by atoms with Crippen molar-refractivity contribution >= 4 is 28.0 Å². The second-order valence-corrected chi connectivity index (χ2v) is 8.09. The van der Waals surface area contributed by atoms with Gasteiger partial charge < -0.3 is 20.3 Å². The number of rotatable bonds is 12. The molecule has 0 bridgehead atoms. The first-order valence-electron chi connectivity index (χ1n) is 7.99. The van der Waals surface area contributed by atoms with Gasteiger partial charge >= 0.3 is 11.9 Å². The van der Waals surface area contributed by atoms with Crippen molar-refractivity contribution in [3.05, 3.63) is 0 Å². The lowest BCUT2D eigenvalue weighted by Crippen LogP contribution is -2.47. The van der Waals surface area contributed by atoms with Gasteiger partial charge in [-0.3, -0.25) is 13.8 Å². The third-order valence-corrected chi connectivity index (χ3v) is 4.98. The summed E-state index contributed by atoms with van der Waals surface area (Å²) in [7, 11) is -4.07. The summed E-state index contributed by atoms with van der Waals surface area (Å²) in [5, 5.41) is 21.3. The highest BCUT2D eigenvalue weighted by Crippen LogP contribution is 2.32. The molecular formula is C15H27NO9S. The Morgan fingerprint density at radius 2 is 1.77 bits per heavy atom. The van der Waals surface area contributed by atoms with Crippen LogP contribution in [0.4, 0.5) is 0 Å². The van der Waals surface area contributed by atoms with Gasteiger partial charge in [0.2, 0.25) is 5.91 Å². The van der Waals surface area contributed by atoms with Gasteiger partial charge in [-0.25, -0.2) is 4.79 Å². The molecule has 0 aliphatic heterocycles. The molecule has 10 nitrogen and oxygen atoms in total. The van der Waals surface area contributed by atoms with E-state index in [1.54, 1.807) is 0 Å². The molecule has 0 fully saturated rings. The first-order valence-corrected chi connectivity index (χ1v) is 9.57. The molecule has 11 heteroatoms. The minimum absolute atomic E-state index is 0.0977. The van der Waals surface area contributed by atoms with E-state index in [9.17, 15) is 27.9 Å². The van der Waals surface area contributed by atoms with Gasteiger partial charge in [0.25, 0.3) is 10.1 Å². The number of aliphatic carboxylic acids is 1. The number of carboxylic acids is 1. The Morgan fingerprint density at radius 3 is 2.23 bits per heavy atom. The Bertz CT molecular complexity index is 600. The number of esters is 1. The van der Waals surface area contributed by atoms with Crippen LogP contribution in [0.5, 0.6) is 0 Å². The lowest BCUT2D eigenvalue weighted by molar-refractivity contribution is -0.159. The molecule has 0 aliphatic rings. The van der Waals surface area contributed by atoms with Gasteiger partial charge in [-0.15, -0.1) is 0 Å². The van der Waals surface area contributed by atoms with Gasteiger partial charge in [0.15, 0.2) is 6.10 Å². The van der Waals surface area contributed by atoms with E-state index in [0.29, 0.717) is 0 Å². The topological polar surface area (TPSA) is 156 Å². The van der Waals surface area contributed by atoms with Crippen LogP contribution >= 0.6 is 0 Å². The molecule has 3 N–H and O–H groups in total. The van der Waals surface area contributed by atoms with Gasteiger partial charge in [-0.2, -0.15) is 8.42 Å². The fraction of sp³-hybridized carbons (Fsp3) is 0.800. The number of carbonyl (C=O) groups excluding carboxylic acids is 2. The molecule has 0 aromatic rings. The Kier molecular flexibility index (Phi) is 9.74. The summed E-state index contributed by atoms with van der Waals surface area (Å²) in [5.74, 6) is -2.82. The average molecular weight is 397 g/mol. The Labute approximate surface area is 153 Å². The van der Waals surface area contributed by atoms with E-state index in [1.165, 1.54) is 27.7 Å². The quantitative estimate of drug-likeness (QED) is 0.227. The standard InChI is InChI=1S/C15H27NO9S/c1-10(17)16-7-5-9-26(22,23)25-12(6-8-24-11(2)18)15(3,4)13(19)14(20)21/h12-13,19H,5-9H2,1-4H3,(H,16,17)(H,20,21)/t12?,13-/m0/s1. The molecule has 0 saturated heterocycles. The Balaban J connectivity index is 5.11. The number of amides is 1. The molecule has 0 heterocycles. The highest BCUT2D eigenvalue weighted by Gasteiger charge is 2.43. The van der Waals surface area contributed by atoms with Crippen LogP contribution in [-0.2, 0) is 33.4 Å². The summed E-state index contributed by atoms with van der Waals surface area (Å²) in [6, 6.07) is 0. The first-order chi connectivity index (χ1) is 11.8. The summed E-state index contributed by atoms with van der Waals surface area (Å²) < 4.78 is 34.2. The largest absolute Gasteiger partial charge is 0.479 e. The SMILES string of the molecule is CC(=O)NCCCS(=O)(=O)OC(CCOC(C)=O)C(C)(C)[C@@H](O)C(=O)O. The molecule has 0 spiro atoms. The third-order valence-electron chi connectivity index (χ3n) is 3.66. The van der Waals surface area contributed by atoms with Crippen LogP contribution < -0.4 is 5.32 Å². The number of hydrogen-bond donors (Lipinski definition) is 3. The van der Waals surface area contributed by atoms with Gasteiger partial charge in [0.05, 0.1) is 18.5 Å². The minimum Gasteiger partial charge on any atom is -0.479 e. The summed E-state index contributed by atoms with van der Waals surface area (Å²) in [6.07, 6.45) is -3.15. The molecule has 26 heavy (non-hydrogen) atoms. The van der Waals surface area contributed by atoms with E-state index in [2.05, 4.69) is 5.32 Å². The maximum Gasteiger partial charge on any atom is 0.333 e. The summed E-state index contributed by atoms with van der Waals surface area (Å²) in [5.41, 5.74) is -1.48. The smallest absolute Gasteiger partial charge is 0.333 e.